The molecule has 10 heteroatoms. The molecule has 0 atom stereocenters. The van der Waals surface area contributed by atoms with Crippen molar-refractivity contribution >= 4 is 17.5 Å². The van der Waals surface area contributed by atoms with E-state index in [4.69, 9.17) is 0 Å². The molecule has 2 heterocycles. The number of rotatable bonds is 5. The second-order valence-corrected chi connectivity index (χ2v) is 10.3. The second kappa shape index (κ2) is 9.64. The van der Waals surface area contributed by atoms with Crippen LogP contribution in [0.25, 0.3) is 5.69 Å². The Labute approximate surface area is 204 Å². The van der Waals surface area contributed by atoms with Crippen LogP contribution in [0.2, 0.25) is 0 Å². The minimum atomic E-state index is -0.423. The van der Waals surface area contributed by atoms with Crippen LogP contribution in [0.4, 0.5) is 5.69 Å². The molecule has 1 aromatic carbocycles. The number of carbonyl (C=O) groups excluding carboxylic acids is 2. The molecule has 0 fully saturated rings. The molecule has 0 radical (unpaired) electrons. The maximum absolute atomic E-state index is 13.0. The Bertz CT molecular complexity index is 1310. The maximum atomic E-state index is 13.0. The first-order valence-electron chi connectivity index (χ1n) is 11.1. The summed E-state index contributed by atoms with van der Waals surface area (Å²) in [6.07, 6.45) is 3.02. The van der Waals surface area contributed by atoms with Crippen LogP contribution in [0.1, 0.15) is 79.2 Å². The smallest absolute Gasteiger partial charge is 0.287 e. The molecule has 35 heavy (non-hydrogen) atoms. The molecule has 0 aliphatic heterocycles. The van der Waals surface area contributed by atoms with Crippen molar-refractivity contribution < 1.29 is 9.59 Å². The SMILES string of the molecule is Cc1ncc(NC(=O)c2cc(C#N)cc(C(C)(C)C)c2)cc1-n1cc(C(=O)NNC(C)(C)C)nn1. The van der Waals surface area contributed by atoms with Gasteiger partial charge in [-0.1, -0.05) is 26.0 Å². The zero-order chi connectivity index (χ0) is 26.0. The molecule has 0 saturated heterocycles. The molecule has 2 amide bonds. The number of aryl methyl sites for hydroxylation is 1. The third-order valence-corrected chi connectivity index (χ3v) is 5.03. The Morgan fingerprint density at radius 1 is 1.03 bits per heavy atom. The molecule has 3 aromatic rings. The second-order valence-electron chi connectivity index (χ2n) is 10.3. The van der Waals surface area contributed by atoms with Crippen molar-refractivity contribution in [1.29, 1.82) is 5.26 Å². The van der Waals surface area contributed by atoms with E-state index in [1.54, 1.807) is 31.2 Å². The maximum Gasteiger partial charge on any atom is 0.287 e. The first-order chi connectivity index (χ1) is 16.3. The standard InChI is InChI=1S/C25H30N8O2/c1-15-21(33-14-20(29-32-33)23(35)30-31-25(5,6)7)11-19(13-27-15)28-22(34)17-8-16(12-26)9-18(10-17)24(2,3)4/h8-11,13-14,31H,1-7H3,(H,28,34)(H,30,35). The number of nitrogens with one attached hydrogen (secondary N) is 3. The molecule has 0 unspecified atom stereocenters. The van der Waals surface area contributed by atoms with Gasteiger partial charge in [-0.2, -0.15) is 5.26 Å². The Hall–Kier alpha value is -4.10. The van der Waals surface area contributed by atoms with Gasteiger partial charge in [0.05, 0.1) is 41.1 Å². The highest BCUT2D eigenvalue weighted by Gasteiger charge is 2.19. The lowest BCUT2D eigenvalue weighted by Crippen LogP contribution is -2.48. The predicted molar refractivity (Wildman–Crippen MR) is 132 cm³/mol. The highest BCUT2D eigenvalue weighted by atomic mass is 16.2. The molecular formula is C25H30N8O2. The number of pyridine rings is 1. The summed E-state index contributed by atoms with van der Waals surface area (Å²) in [6.45, 7) is 13.6. The molecule has 0 bridgehead atoms. The lowest BCUT2D eigenvalue weighted by molar-refractivity contribution is 0.0908. The van der Waals surface area contributed by atoms with Crippen molar-refractivity contribution in [3.63, 3.8) is 0 Å². The van der Waals surface area contributed by atoms with Gasteiger partial charge in [-0.3, -0.25) is 20.0 Å². The van der Waals surface area contributed by atoms with Gasteiger partial charge in [-0.15, -0.1) is 5.10 Å². The van der Waals surface area contributed by atoms with Gasteiger partial charge in [-0.05, 0) is 62.9 Å². The number of hydrogen-bond donors (Lipinski definition) is 3. The molecule has 182 valence electrons. The fourth-order valence-electron chi connectivity index (χ4n) is 3.08. The van der Waals surface area contributed by atoms with Gasteiger partial charge < -0.3 is 5.32 Å². The Morgan fingerprint density at radius 3 is 2.37 bits per heavy atom. The summed E-state index contributed by atoms with van der Waals surface area (Å²) in [5.41, 5.74) is 8.39. The van der Waals surface area contributed by atoms with Crippen LogP contribution >= 0.6 is 0 Å². The fraction of sp³-hybridized carbons (Fsp3) is 0.360. The zero-order valence-electron chi connectivity index (χ0n) is 21.0. The number of nitrogens with zero attached hydrogens (tertiary/aromatic N) is 5. The molecule has 0 aliphatic rings. The first kappa shape index (κ1) is 25.5. The summed E-state index contributed by atoms with van der Waals surface area (Å²) in [6, 6.07) is 8.94. The molecule has 10 nitrogen and oxygen atoms in total. The number of benzene rings is 1. The topological polar surface area (TPSA) is 138 Å². The molecule has 3 rings (SSSR count). The van der Waals surface area contributed by atoms with Crippen molar-refractivity contribution in [2.45, 2.75) is 59.4 Å². The first-order valence-corrected chi connectivity index (χ1v) is 11.1. The number of hydrazine groups is 1. The van der Waals surface area contributed by atoms with Crippen molar-refractivity contribution in [3.8, 4) is 11.8 Å². The van der Waals surface area contributed by atoms with Gasteiger partial charge in [0.25, 0.3) is 11.8 Å². The molecule has 0 aliphatic carbocycles. The van der Waals surface area contributed by atoms with E-state index in [0.717, 1.165) is 5.56 Å². The quantitative estimate of drug-likeness (QED) is 0.482. The third kappa shape index (κ3) is 6.49. The Balaban J connectivity index is 1.84. The molecule has 3 N–H and O–H groups in total. The van der Waals surface area contributed by atoms with Crippen LogP contribution in [-0.4, -0.2) is 37.3 Å². The Morgan fingerprint density at radius 2 is 1.74 bits per heavy atom. The van der Waals surface area contributed by atoms with Gasteiger partial charge in [0.15, 0.2) is 5.69 Å². The van der Waals surface area contributed by atoms with Crippen LogP contribution in [0, 0.1) is 18.3 Å². The van der Waals surface area contributed by atoms with Gasteiger partial charge in [0.2, 0.25) is 0 Å². The minimum absolute atomic E-state index is 0.124. The number of anilines is 1. The summed E-state index contributed by atoms with van der Waals surface area (Å²) in [5, 5.41) is 20.2. The van der Waals surface area contributed by atoms with Gasteiger partial charge in [0, 0.05) is 11.1 Å². The fourth-order valence-corrected chi connectivity index (χ4v) is 3.08. The monoisotopic (exact) mass is 474 g/mol. The van der Waals surface area contributed by atoms with E-state index in [-0.39, 0.29) is 22.6 Å². The highest BCUT2D eigenvalue weighted by molar-refractivity contribution is 6.04. The van der Waals surface area contributed by atoms with E-state index in [1.165, 1.54) is 17.1 Å². The zero-order valence-corrected chi connectivity index (χ0v) is 21.0. The highest BCUT2D eigenvalue weighted by Crippen LogP contribution is 2.25. The number of aromatic nitrogens is 4. The van der Waals surface area contributed by atoms with Gasteiger partial charge in [-0.25, -0.2) is 10.1 Å². The third-order valence-electron chi connectivity index (χ3n) is 5.03. The normalized spacial score (nSPS) is 11.6. The van der Waals surface area contributed by atoms with E-state index >= 15 is 0 Å². The molecule has 0 saturated carbocycles. The number of nitriles is 1. The predicted octanol–water partition coefficient (Wildman–Crippen LogP) is 3.43. The van der Waals surface area contributed by atoms with Crippen LogP contribution in [0.5, 0.6) is 0 Å². The van der Waals surface area contributed by atoms with Crippen molar-refractivity contribution in [1.82, 2.24) is 30.8 Å². The van der Waals surface area contributed by atoms with Crippen LogP contribution < -0.4 is 16.2 Å². The summed E-state index contributed by atoms with van der Waals surface area (Å²) >= 11 is 0. The van der Waals surface area contributed by atoms with Gasteiger partial charge in [0.1, 0.15) is 0 Å². The van der Waals surface area contributed by atoms with Crippen LogP contribution in [0.3, 0.4) is 0 Å². The number of hydrogen-bond acceptors (Lipinski definition) is 7. The average Bonchev–Trinajstić information content (AvgIpc) is 3.27. The number of carbonyl (C=O) groups is 2. The van der Waals surface area contributed by atoms with Crippen LogP contribution in [-0.2, 0) is 5.41 Å². The van der Waals surface area contributed by atoms with Gasteiger partial charge >= 0.3 is 0 Å². The summed E-state index contributed by atoms with van der Waals surface area (Å²) in [4.78, 5) is 29.7. The van der Waals surface area contributed by atoms with E-state index in [9.17, 15) is 14.9 Å². The van der Waals surface area contributed by atoms with Crippen molar-refractivity contribution in [3.05, 3.63) is 64.7 Å². The Kier molecular flexibility index (Phi) is 7.03. The largest absolute Gasteiger partial charge is 0.321 e. The van der Waals surface area contributed by atoms with Crippen LogP contribution in [0.15, 0.2) is 36.7 Å². The average molecular weight is 475 g/mol. The molecule has 0 spiro atoms. The summed E-state index contributed by atoms with van der Waals surface area (Å²) in [7, 11) is 0. The summed E-state index contributed by atoms with van der Waals surface area (Å²) in [5.74, 6) is -0.788. The summed E-state index contributed by atoms with van der Waals surface area (Å²) < 4.78 is 1.43. The molecule has 2 aromatic heterocycles. The van der Waals surface area contributed by atoms with E-state index in [1.807, 2.05) is 41.5 Å². The van der Waals surface area contributed by atoms with E-state index in [2.05, 4.69) is 37.5 Å². The van der Waals surface area contributed by atoms with Crippen molar-refractivity contribution in [2.75, 3.05) is 5.32 Å². The lowest BCUT2D eigenvalue weighted by atomic mass is 9.85. The van der Waals surface area contributed by atoms with E-state index in [0.29, 0.717) is 28.2 Å². The minimum Gasteiger partial charge on any atom is -0.321 e. The van der Waals surface area contributed by atoms with E-state index < -0.39 is 5.91 Å². The number of amides is 2. The van der Waals surface area contributed by atoms with Crippen molar-refractivity contribution in [2.24, 2.45) is 0 Å². The lowest BCUT2D eigenvalue weighted by Gasteiger charge is -2.20. The molecular weight excluding hydrogens is 444 g/mol.